The summed E-state index contributed by atoms with van der Waals surface area (Å²) in [7, 11) is 0. The molecule has 1 aliphatic heterocycles. The highest BCUT2D eigenvalue weighted by atomic mass is 19.1. The predicted molar refractivity (Wildman–Crippen MR) is 89.5 cm³/mol. The molecular formula is C18H14FN3O. The van der Waals surface area contributed by atoms with Crippen LogP contribution in [0.5, 0.6) is 0 Å². The minimum Gasteiger partial charge on any atom is -0.302 e. The van der Waals surface area contributed by atoms with E-state index in [9.17, 15) is 9.18 Å². The normalized spacial score (nSPS) is 15.4. The molecule has 1 aliphatic rings. The molecule has 0 aromatic heterocycles. The van der Waals surface area contributed by atoms with Crippen LogP contribution in [0.4, 0.5) is 10.1 Å². The van der Waals surface area contributed by atoms with Crippen LogP contribution in [0.25, 0.3) is 0 Å². The zero-order chi connectivity index (χ0) is 16.2. The van der Waals surface area contributed by atoms with Gasteiger partial charge in [-0.2, -0.15) is 5.10 Å². The molecule has 5 heteroatoms. The third-order valence-electron chi connectivity index (χ3n) is 3.47. The van der Waals surface area contributed by atoms with E-state index in [0.717, 1.165) is 5.69 Å². The summed E-state index contributed by atoms with van der Waals surface area (Å²) < 4.78 is 13.5. The van der Waals surface area contributed by atoms with Gasteiger partial charge in [0.1, 0.15) is 5.82 Å². The lowest BCUT2D eigenvalue weighted by Crippen LogP contribution is -2.30. The molecule has 0 bridgehead atoms. The molecule has 0 aliphatic carbocycles. The molecule has 2 aromatic rings. The second-order valence-corrected chi connectivity index (χ2v) is 4.94. The fourth-order valence-corrected chi connectivity index (χ4v) is 2.40. The van der Waals surface area contributed by atoms with Crippen LogP contribution in [0, 0.1) is 5.82 Å². The third kappa shape index (κ3) is 2.81. The minimum atomic E-state index is -0.386. The Hall–Kier alpha value is -3.08. The summed E-state index contributed by atoms with van der Waals surface area (Å²) in [6, 6.07) is 13.6. The molecule has 0 saturated carbocycles. The number of rotatable bonds is 4. The lowest BCUT2D eigenvalue weighted by atomic mass is 10.1. The van der Waals surface area contributed by atoms with E-state index in [0.29, 0.717) is 17.7 Å². The molecule has 2 aromatic carbocycles. The topological polar surface area (TPSA) is 45.0 Å². The monoisotopic (exact) mass is 307 g/mol. The van der Waals surface area contributed by atoms with Crippen LogP contribution in [-0.2, 0) is 4.79 Å². The van der Waals surface area contributed by atoms with Gasteiger partial charge in [0.2, 0.25) is 0 Å². The molecule has 0 N–H and O–H groups in total. The number of benzene rings is 2. The maximum atomic E-state index is 13.5. The van der Waals surface area contributed by atoms with Crippen molar-refractivity contribution >= 4 is 23.5 Å². The Morgan fingerprint density at radius 3 is 2.65 bits per heavy atom. The van der Waals surface area contributed by atoms with Crippen LogP contribution in [-0.4, -0.2) is 24.4 Å². The van der Waals surface area contributed by atoms with Gasteiger partial charge in [0.15, 0.2) is 5.71 Å². The molecule has 1 amide bonds. The van der Waals surface area contributed by atoms with Gasteiger partial charge in [-0.25, -0.2) is 4.39 Å². The number of hydrogen-bond acceptors (Lipinski definition) is 3. The Morgan fingerprint density at radius 1 is 1.13 bits per heavy atom. The van der Waals surface area contributed by atoms with E-state index in [-0.39, 0.29) is 17.4 Å². The number of para-hydroxylation sites is 1. The van der Waals surface area contributed by atoms with Crippen LogP contribution in [0.3, 0.4) is 0 Å². The number of anilines is 1. The van der Waals surface area contributed by atoms with Gasteiger partial charge in [-0.1, -0.05) is 42.5 Å². The SMILES string of the molecule is C=CCN1C(=O)/C(=N\N=C/c2ccccc2F)c2ccccc21. The summed E-state index contributed by atoms with van der Waals surface area (Å²) in [5.41, 5.74) is 2.05. The number of fused-ring (bicyclic) bond motifs is 1. The van der Waals surface area contributed by atoms with Crippen molar-refractivity contribution in [3.8, 4) is 0 Å². The van der Waals surface area contributed by atoms with E-state index in [4.69, 9.17) is 0 Å². The highest BCUT2D eigenvalue weighted by Crippen LogP contribution is 2.28. The van der Waals surface area contributed by atoms with Crippen LogP contribution in [0.1, 0.15) is 11.1 Å². The van der Waals surface area contributed by atoms with Crippen LogP contribution >= 0.6 is 0 Å². The van der Waals surface area contributed by atoms with Crippen molar-refractivity contribution in [1.82, 2.24) is 0 Å². The molecule has 1 heterocycles. The van der Waals surface area contributed by atoms with Gasteiger partial charge in [0.25, 0.3) is 5.91 Å². The number of nitrogens with zero attached hydrogens (tertiary/aromatic N) is 3. The Labute approximate surface area is 133 Å². The van der Waals surface area contributed by atoms with Gasteiger partial charge in [0, 0.05) is 17.7 Å². The molecule has 0 fully saturated rings. The van der Waals surface area contributed by atoms with E-state index in [1.807, 2.05) is 24.3 Å². The van der Waals surface area contributed by atoms with Crippen molar-refractivity contribution in [2.24, 2.45) is 10.2 Å². The summed E-state index contributed by atoms with van der Waals surface area (Å²) in [6.07, 6.45) is 2.95. The molecule has 0 saturated heterocycles. The van der Waals surface area contributed by atoms with Gasteiger partial charge in [-0.3, -0.25) is 4.79 Å². The Balaban J connectivity index is 1.95. The second-order valence-electron chi connectivity index (χ2n) is 4.94. The first kappa shape index (κ1) is 14.8. The van der Waals surface area contributed by atoms with E-state index in [1.54, 1.807) is 29.2 Å². The first-order valence-corrected chi connectivity index (χ1v) is 7.10. The molecule has 0 spiro atoms. The highest BCUT2D eigenvalue weighted by molar-refractivity contribution is 6.54. The van der Waals surface area contributed by atoms with Crippen molar-refractivity contribution < 1.29 is 9.18 Å². The molecule has 23 heavy (non-hydrogen) atoms. The van der Waals surface area contributed by atoms with E-state index in [2.05, 4.69) is 16.8 Å². The Morgan fingerprint density at radius 2 is 1.87 bits per heavy atom. The molecular weight excluding hydrogens is 293 g/mol. The van der Waals surface area contributed by atoms with E-state index < -0.39 is 0 Å². The van der Waals surface area contributed by atoms with Crippen molar-refractivity contribution in [3.63, 3.8) is 0 Å². The molecule has 0 radical (unpaired) electrons. The Kier molecular flexibility index (Phi) is 4.10. The summed E-state index contributed by atoms with van der Waals surface area (Å²) >= 11 is 0. The minimum absolute atomic E-state index is 0.239. The average molecular weight is 307 g/mol. The zero-order valence-corrected chi connectivity index (χ0v) is 12.3. The fourth-order valence-electron chi connectivity index (χ4n) is 2.40. The first-order valence-electron chi connectivity index (χ1n) is 7.10. The largest absolute Gasteiger partial charge is 0.302 e. The summed E-state index contributed by atoms with van der Waals surface area (Å²) in [5, 5.41) is 7.89. The standard InChI is InChI=1S/C18H14FN3O/c1-2-11-22-16-10-6-4-8-14(16)17(18(22)23)21-20-12-13-7-3-5-9-15(13)19/h2-10,12H,1,11H2/b20-12-,21-17-. The quantitative estimate of drug-likeness (QED) is 0.486. The lowest BCUT2D eigenvalue weighted by molar-refractivity contribution is -0.112. The number of carbonyl (C=O) groups excluding carboxylic acids is 1. The molecule has 0 atom stereocenters. The van der Waals surface area contributed by atoms with Crippen LogP contribution < -0.4 is 4.90 Å². The van der Waals surface area contributed by atoms with Crippen LogP contribution in [0.15, 0.2) is 71.4 Å². The zero-order valence-electron chi connectivity index (χ0n) is 12.3. The van der Waals surface area contributed by atoms with Crippen LogP contribution in [0.2, 0.25) is 0 Å². The van der Waals surface area contributed by atoms with Gasteiger partial charge in [-0.15, -0.1) is 11.7 Å². The summed E-state index contributed by atoms with van der Waals surface area (Å²) in [6.45, 7) is 4.06. The molecule has 114 valence electrons. The second kappa shape index (κ2) is 6.36. The van der Waals surface area contributed by atoms with Gasteiger partial charge < -0.3 is 4.90 Å². The molecule has 3 rings (SSSR count). The number of hydrogen-bond donors (Lipinski definition) is 0. The predicted octanol–water partition coefficient (Wildman–Crippen LogP) is 3.18. The van der Waals surface area contributed by atoms with Gasteiger partial charge >= 0.3 is 0 Å². The summed E-state index contributed by atoms with van der Waals surface area (Å²) in [5.74, 6) is -0.625. The Bertz CT molecular complexity index is 827. The maximum absolute atomic E-state index is 13.5. The number of halogens is 1. The van der Waals surface area contributed by atoms with Gasteiger partial charge in [0.05, 0.1) is 11.9 Å². The first-order chi connectivity index (χ1) is 11.2. The fraction of sp³-hybridized carbons (Fsp3) is 0.0556. The number of amides is 1. The van der Waals surface area contributed by atoms with Crippen molar-refractivity contribution in [3.05, 3.63) is 78.1 Å². The maximum Gasteiger partial charge on any atom is 0.279 e. The number of carbonyl (C=O) groups is 1. The smallest absolute Gasteiger partial charge is 0.279 e. The van der Waals surface area contributed by atoms with Gasteiger partial charge in [-0.05, 0) is 12.1 Å². The average Bonchev–Trinajstić information content (AvgIpc) is 2.83. The third-order valence-corrected chi connectivity index (χ3v) is 3.47. The van der Waals surface area contributed by atoms with E-state index in [1.165, 1.54) is 12.3 Å². The van der Waals surface area contributed by atoms with E-state index >= 15 is 0 Å². The molecule has 4 nitrogen and oxygen atoms in total. The molecule has 0 unspecified atom stereocenters. The van der Waals surface area contributed by atoms with Crippen molar-refractivity contribution in [2.75, 3.05) is 11.4 Å². The van der Waals surface area contributed by atoms with Crippen molar-refractivity contribution in [2.45, 2.75) is 0 Å². The lowest BCUT2D eigenvalue weighted by Gasteiger charge is -2.13. The van der Waals surface area contributed by atoms with Crippen molar-refractivity contribution in [1.29, 1.82) is 0 Å². The summed E-state index contributed by atoms with van der Waals surface area (Å²) in [4.78, 5) is 14.0. The highest BCUT2D eigenvalue weighted by Gasteiger charge is 2.32.